The zero-order valence-electron chi connectivity index (χ0n) is 7.71. The van der Waals surface area contributed by atoms with Gasteiger partial charge >= 0.3 is 0 Å². The number of hydrogen-bond donors (Lipinski definition) is 0. The molecule has 0 aromatic carbocycles. The molecule has 0 saturated heterocycles. The summed E-state index contributed by atoms with van der Waals surface area (Å²) in [7, 11) is 0. The average Bonchev–Trinajstić information content (AvgIpc) is 2.21. The van der Waals surface area contributed by atoms with Crippen molar-refractivity contribution in [1.82, 2.24) is 5.32 Å². The predicted molar refractivity (Wildman–Crippen MR) is 50.8 cm³/mol. The molecule has 1 unspecified atom stereocenters. The van der Waals surface area contributed by atoms with Gasteiger partial charge in [0.15, 0.2) is 0 Å². The average molecular weight is 164 g/mol. The van der Waals surface area contributed by atoms with Gasteiger partial charge in [-0.15, -0.1) is 0 Å². The van der Waals surface area contributed by atoms with E-state index in [4.69, 9.17) is 0 Å². The molecule has 2 aliphatic rings. The van der Waals surface area contributed by atoms with E-state index in [1.807, 2.05) is 6.20 Å². The Labute approximate surface area is 75.2 Å². The molecule has 1 saturated carbocycles. The van der Waals surface area contributed by atoms with Crippen molar-refractivity contribution in [3.63, 3.8) is 0 Å². The van der Waals surface area contributed by atoms with Crippen LogP contribution in [-0.4, -0.2) is 6.54 Å². The van der Waals surface area contributed by atoms with Crippen molar-refractivity contribution in [2.75, 3.05) is 6.54 Å². The molecular weight excluding hydrogens is 146 g/mol. The standard InChI is InChI=1S/C11H18N/c1-2-4-10(5-3-1)11-6-8-12-9-7-11/h6,8,10-11H,1-5,7,9H2. The first kappa shape index (κ1) is 8.15. The Morgan fingerprint density at radius 3 is 2.50 bits per heavy atom. The minimum Gasteiger partial charge on any atom is -0.293 e. The van der Waals surface area contributed by atoms with Crippen LogP contribution in [0.15, 0.2) is 12.3 Å². The Balaban J connectivity index is 1.88. The molecule has 0 amide bonds. The molecule has 1 fully saturated rings. The third kappa shape index (κ3) is 1.82. The summed E-state index contributed by atoms with van der Waals surface area (Å²) in [6.45, 7) is 1.07. The summed E-state index contributed by atoms with van der Waals surface area (Å²) in [5.41, 5.74) is 0. The summed E-state index contributed by atoms with van der Waals surface area (Å²) < 4.78 is 0. The van der Waals surface area contributed by atoms with E-state index in [1.165, 1.54) is 38.5 Å². The molecule has 0 aromatic rings. The molecular formula is C11H18N. The van der Waals surface area contributed by atoms with Crippen molar-refractivity contribution < 1.29 is 0 Å². The molecule has 1 atom stereocenters. The fraction of sp³-hybridized carbons (Fsp3) is 0.818. The topological polar surface area (TPSA) is 14.1 Å². The third-order valence-corrected chi connectivity index (χ3v) is 3.29. The van der Waals surface area contributed by atoms with Gasteiger partial charge in [-0.1, -0.05) is 25.3 Å². The number of nitrogens with zero attached hydrogens (tertiary/aromatic N) is 1. The lowest BCUT2D eigenvalue weighted by Gasteiger charge is -2.29. The third-order valence-electron chi connectivity index (χ3n) is 3.29. The second-order valence-electron chi connectivity index (χ2n) is 4.10. The molecule has 0 N–H and O–H groups in total. The summed E-state index contributed by atoms with van der Waals surface area (Å²) in [5, 5.41) is 4.24. The van der Waals surface area contributed by atoms with Crippen molar-refractivity contribution in [2.45, 2.75) is 38.5 Å². The second kappa shape index (κ2) is 3.97. The first-order chi connectivity index (χ1) is 5.97. The fourth-order valence-corrected chi connectivity index (χ4v) is 2.52. The van der Waals surface area contributed by atoms with E-state index in [-0.39, 0.29) is 0 Å². The largest absolute Gasteiger partial charge is 0.293 e. The van der Waals surface area contributed by atoms with Crippen LogP contribution in [0.5, 0.6) is 0 Å². The van der Waals surface area contributed by atoms with Crippen LogP contribution in [-0.2, 0) is 0 Å². The molecule has 1 heterocycles. The minimum atomic E-state index is 0.864. The van der Waals surface area contributed by atoms with Crippen molar-refractivity contribution in [3.8, 4) is 0 Å². The van der Waals surface area contributed by atoms with Crippen LogP contribution in [0.2, 0.25) is 0 Å². The zero-order chi connectivity index (χ0) is 8.23. The highest BCUT2D eigenvalue weighted by Gasteiger charge is 2.22. The van der Waals surface area contributed by atoms with Gasteiger partial charge in [-0.05, 0) is 31.1 Å². The lowest BCUT2D eigenvalue weighted by Crippen LogP contribution is -2.21. The van der Waals surface area contributed by atoms with Gasteiger partial charge in [0.1, 0.15) is 0 Å². The Morgan fingerprint density at radius 2 is 1.83 bits per heavy atom. The molecule has 2 rings (SSSR count). The van der Waals surface area contributed by atoms with E-state index >= 15 is 0 Å². The quantitative estimate of drug-likeness (QED) is 0.566. The van der Waals surface area contributed by atoms with Crippen LogP contribution in [0, 0.1) is 11.8 Å². The van der Waals surface area contributed by atoms with Gasteiger partial charge in [-0.25, -0.2) is 0 Å². The summed E-state index contributed by atoms with van der Waals surface area (Å²) in [4.78, 5) is 0. The Morgan fingerprint density at radius 1 is 1.00 bits per heavy atom. The number of allylic oxidation sites excluding steroid dienone is 1. The first-order valence-electron chi connectivity index (χ1n) is 5.30. The van der Waals surface area contributed by atoms with Crippen molar-refractivity contribution in [3.05, 3.63) is 12.3 Å². The van der Waals surface area contributed by atoms with E-state index in [2.05, 4.69) is 11.4 Å². The van der Waals surface area contributed by atoms with Crippen LogP contribution >= 0.6 is 0 Å². The predicted octanol–water partition coefficient (Wildman–Crippen LogP) is 2.70. The highest BCUT2D eigenvalue weighted by Crippen LogP contribution is 2.33. The van der Waals surface area contributed by atoms with Crippen LogP contribution < -0.4 is 5.32 Å². The molecule has 0 bridgehead atoms. The smallest absolute Gasteiger partial charge is 0.0394 e. The van der Waals surface area contributed by atoms with Crippen molar-refractivity contribution in [1.29, 1.82) is 0 Å². The SMILES string of the molecule is C1=CC(C2CCCCC2)CC[N]1. The van der Waals surface area contributed by atoms with Crippen LogP contribution in [0.1, 0.15) is 38.5 Å². The molecule has 1 nitrogen and oxygen atoms in total. The molecule has 1 heteroatoms. The lowest BCUT2D eigenvalue weighted by molar-refractivity contribution is 0.269. The second-order valence-corrected chi connectivity index (χ2v) is 4.10. The molecule has 67 valence electrons. The summed E-state index contributed by atoms with van der Waals surface area (Å²) in [6, 6.07) is 0. The summed E-state index contributed by atoms with van der Waals surface area (Å²) >= 11 is 0. The molecule has 1 radical (unpaired) electrons. The molecule has 12 heavy (non-hydrogen) atoms. The summed E-state index contributed by atoms with van der Waals surface area (Å²) in [5.74, 6) is 1.85. The Kier molecular flexibility index (Phi) is 2.70. The maximum absolute atomic E-state index is 4.24. The maximum atomic E-state index is 4.24. The van der Waals surface area contributed by atoms with E-state index in [0.717, 1.165) is 18.4 Å². The van der Waals surface area contributed by atoms with E-state index < -0.39 is 0 Å². The minimum absolute atomic E-state index is 0.864. The molecule has 1 aliphatic carbocycles. The fourth-order valence-electron chi connectivity index (χ4n) is 2.52. The normalized spacial score (nSPS) is 31.5. The molecule has 1 aliphatic heterocycles. The van der Waals surface area contributed by atoms with Gasteiger partial charge in [0.25, 0.3) is 0 Å². The van der Waals surface area contributed by atoms with E-state index in [9.17, 15) is 0 Å². The van der Waals surface area contributed by atoms with Gasteiger partial charge in [0.2, 0.25) is 0 Å². The Bertz CT molecular complexity index is 156. The van der Waals surface area contributed by atoms with Crippen molar-refractivity contribution in [2.24, 2.45) is 11.8 Å². The van der Waals surface area contributed by atoms with Gasteiger partial charge in [-0.3, -0.25) is 5.32 Å². The zero-order valence-corrected chi connectivity index (χ0v) is 7.71. The monoisotopic (exact) mass is 164 g/mol. The maximum Gasteiger partial charge on any atom is 0.0394 e. The lowest BCUT2D eigenvalue weighted by atomic mass is 9.78. The van der Waals surface area contributed by atoms with Gasteiger partial charge in [0.05, 0.1) is 0 Å². The first-order valence-corrected chi connectivity index (χ1v) is 5.30. The van der Waals surface area contributed by atoms with Crippen LogP contribution in [0.4, 0.5) is 0 Å². The van der Waals surface area contributed by atoms with Crippen molar-refractivity contribution >= 4 is 0 Å². The van der Waals surface area contributed by atoms with Gasteiger partial charge in [-0.2, -0.15) is 0 Å². The van der Waals surface area contributed by atoms with E-state index in [1.54, 1.807) is 0 Å². The van der Waals surface area contributed by atoms with E-state index in [0.29, 0.717) is 0 Å². The van der Waals surface area contributed by atoms with Gasteiger partial charge in [0, 0.05) is 12.7 Å². The Hall–Kier alpha value is -0.460. The van der Waals surface area contributed by atoms with Gasteiger partial charge < -0.3 is 0 Å². The number of rotatable bonds is 1. The molecule has 0 aromatic heterocycles. The molecule has 0 spiro atoms. The van der Waals surface area contributed by atoms with Crippen LogP contribution in [0.3, 0.4) is 0 Å². The summed E-state index contributed by atoms with van der Waals surface area (Å²) in [6.07, 6.45) is 13.0. The number of hydrogen-bond acceptors (Lipinski definition) is 0. The van der Waals surface area contributed by atoms with Crippen LogP contribution in [0.25, 0.3) is 0 Å². The highest BCUT2D eigenvalue weighted by atomic mass is 14.8. The highest BCUT2D eigenvalue weighted by molar-refractivity contribution is 4.95.